The van der Waals surface area contributed by atoms with Crippen LogP contribution >= 0.6 is 0 Å². The van der Waals surface area contributed by atoms with Crippen molar-refractivity contribution < 1.29 is 25.2 Å². The summed E-state index contributed by atoms with van der Waals surface area (Å²) in [6.45, 7) is 4.03. The summed E-state index contributed by atoms with van der Waals surface area (Å²) in [5, 5.41) is 43.6. The van der Waals surface area contributed by atoms with Crippen molar-refractivity contribution in [2.24, 2.45) is 0 Å². The number of amides is 1. The third-order valence-electron chi connectivity index (χ3n) is 11.7. The van der Waals surface area contributed by atoms with E-state index in [0.717, 1.165) is 38.5 Å². The molecule has 0 fully saturated rings. The Kier molecular flexibility index (Phi) is 43.4. The summed E-state index contributed by atoms with van der Waals surface area (Å²) >= 11 is 0. The fourth-order valence-electron chi connectivity index (χ4n) is 7.81. The summed E-state index contributed by atoms with van der Waals surface area (Å²) in [7, 11) is 0. The van der Waals surface area contributed by atoms with E-state index in [9.17, 15) is 25.2 Å². The monoisotopic (exact) mass is 780 g/mol. The standard InChI is InChI=1S/C49H97NO5/c1-3-5-7-9-11-13-14-15-16-17-18-19-20-21-22-23-24-25-26-27-28-29-30-31-32-33-35-37-39-41-43-47(53)49(55)50-45(44-51)48(54)46(52)42-40-38-36-34-12-10-8-6-4-2/h21-22,45-48,51-54H,3-20,23-44H2,1-2H3,(H,50,55)/b22-21-. The number of hydrogen-bond acceptors (Lipinski definition) is 5. The maximum Gasteiger partial charge on any atom is 0.249 e. The molecule has 0 radical (unpaired) electrons. The zero-order chi connectivity index (χ0) is 40.3. The molecule has 4 atom stereocenters. The molecular weight excluding hydrogens is 683 g/mol. The molecule has 1 amide bonds. The van der Waals surface area contributed by atoms with E-state index in [0.29, 0.717) is 12.8 Å². The molecule has 0 spiro atoms. The minimum absolute atomic E-state index is 0.372. The van der Waals surface area contributed by atoms with Crippen LogP contribution < -0.4 is 5.32 Å². The van der Waals surface area contributed by atoms with Crippen molar-refractivity contribution in [3.8, 4) is 0 Å². The van der Waals surface area contributed by atoms with Gasteiger partial charge in [-0.1, -0.05) is 238 Å². The largest absolute Gasteiger partial charge is 0.394 e. The number of aliphatic hydroxyl groups is 4. The van der Waals surface area contributed by atoms with E-state index < -0.39 is 36.9 Å². The van der Waals surface area contributed by atoms with E-state index in [1.807, 2.05) is 0 Å². The summed E-state index contributed by atoms with van der Waals surface area (Å²) in [5.74, 6) is -0.582. The highest BCUT2D eigenvalue weighted by molar-refractivity contribution is 5.80. The van der Waals surface area contributed by atoms with Crippen LogP contribution in [0.15, 0.2) is 12.2 Å². The molecule has 0 aromatic carbocycles. The number of hydrogen-bond donors (Lipinski definition) is 5. The number of allylic oxidation sites excluding steroid dienone is 2. The summed E-state index contributed by atoms with van der Waals surface area (Å²) in [6, 6.07) is -0.980. The Morgan fingerprint density at radius 3 is 1.05 bits per heavy atom. The Balaban J connectivity index is 3.54. The van der Waals surface area contributed by atoms with Crippen LogP contribution in [0.5, 0.6) is 0 Å². The molecule has 55 heavy (non-hydrogen) atoms. The normalized spacial score (nSPS) is 14.1. The second-order valence-electron chi connectivity index (χ2n) is 17.2. The van der Waals surface area contributed by atoms with E-state index >= 15 is 0 Å². The van der Waals surface area contributed by atoms with Crippen LogP contribution in [0.4, 0.5) is 0 Å². The third-order valence-corrected chi connectivity index (χ3v) is 11.7. The second-order valence-corrected chi connectivity index (χ2v) is 17.2. The molecule has 0 aliphatic heterocycles. The van der Waals surface area contributed by atoms with Gasteiger partial charge in [-0.3, -0.25) is 4.79 Å². The first-order valence-electron chi connectivity index (χ1n) is 24.6. The highest BCUT2D eigenvalue weighted by atomic mass is 16.3. The summed E-state index contributed by atoms with van der Waals surface area (Å²) < 4.78 is 0. The van der Waals surface area contributed by atoms with Gasteiger partial charge in [0, 0.05) is 0 Å². The van der Waals surface area contributed by atoms with Gasteiger partial charge in [0.1, 0.15) is 12.2 Å². The van der Waals surface area contributed by atoms with Crippen LogP contribution in [0, 0.1) is 0 Å². The minimum Gasteiger partial charge on any atom is -0.394 e. The quantitative estimate of drug-likeness (QED) is 0.0312. The predicted molar refractivity (Wildman–Crippen MR) is 238 cm³/mol. The number of aliphatic hydroxyl groups excluding tert-OH is 4. The minimum atomic E-state index is -1.25. The topological polar surface area (TPSA) is 110 Å². The Bertz CT molecular complexity index is 791. The van der Waals surface area contributed by atoms with E-state index in [2.05, 4.69) is 31.3 Å². The summed E-state index contributed by atoms with van der Waals surface area (Å²) in [6.07, 6.45) is 50.0. The van der Waals surface area contributed by atoms with E-state index in [1.54, 1.807) is 0 Å². The van der Waals surface area contributed by atoms with Crippen molar-refractivity contribution in [1.82, 2.24) is 5.32 Å². The average molecular weight is 780 g/mol. The molecule has 6 heteroatoms. The van der Waals surface area contributed by atoms with Crippen molar-refractivity contribution in [3.05, 3.63) is 12.2 Å². The molecule has 0 saturated carbocycles. The molecule has 328 valence electrons. The average Bonchev–Trinajstić information content (AvgIpc) is 3.19. The molecule has 0 bridgehead atoms. The lowest BCUT2D eigenvalue weighted by Crippen LogP contribution is -2.53. The number of rotatable bonds is 45. The summed E-state index contributed by atoms with van der Waals surface area (Å²) in [4.78, 5) is 12.5. The molecule has 0 aliphatic rings. The van der Waals surface area contributed by atoms with Gasteiger partial charge in [-0.05, 0) is 38.5 Å². The molecule has 0 aliphatic carbocycles. The maximum absolute atomic E-state index is 12.5. The van der Waals surface area contributed by atoms with Crippen LogP contribution in [-0.4, -0.2) is 57.3 Å². The maximum atomic E-state index is 12.5. The van der Waals surface area contributed by atoms with Crippen molar-refractivity contribution in [3.63, 3.8) is 0 Å². The van der Waals surface area contributed by atoms with Crippen LogP contribution in [0.25, 0.3) is 0 Å². The van der Waals surface area contributed by atoms with E-state index in [1.165, 1.54) is 199 Å². The SMILES string of the molecule is CCCCCCCCCCCCCC/C=C\CCCCCCCCCCCCCCCCC(O)C(=O)NC(CO)C(O)C(O)CCCCCCCCCCC. The highest BCUT2D eigenvalue weighted by Gasteiger charge is 2.28. The van der Waals surface area contributed by atoms with Gasteiger partial charge in [-0.15, -0.1) is 0 Å². The smallest absolute Gasteiger partial charge is 0.249 e. The van der Waals surface area contributed by atoms with E-state index in [4.69, 9.17) is 0 Å². The first kappa shape index (κ1) is 54.0. The number of carbonyl (C=O) groups is 1. The van der Waals surface area contributed by atoms with Gasteiger partial charge < -0.3 is 25.7 Å². The predicted octanol–water partition coefficient (Wildman–Crippen LogP) is 13.4. The molecule has 0 heterocycles. The first-order valence-corrected chi connectivity index (χ1v) is 24.6. The van der Waals surface area contributed by atoms with Gasteiger partial charge in [0.05, 0.1) is 18.8 Å². The Labute approximate surface area is 342 Å². The molecule has 6 nitrogen and oxygen atoms in total. The molecule has 0 aromatic rings. The first-order chi connectivity index (χ1) is 27.0. The zero-order valence-electron chi connectivity index (χ0n) is 36.9. The molecule has 0 rings (SSSR count). The van der Waals surface area contributed by atoms with Crippen LogP contribution in [0.1, 0.15) is 264 Å². The number of carbonyl (C=O) groups excluding carboxylic acids is 1. The van der Waals surface area contributed by atoms with Gasteiger partial charge >= 0.3 is 0 Å². The lowest BCUT2D eigenvalue weighted by Gasteiger charge is -2.27. The Morgan fingerprint density at radius 2 is 0.727 bits per heavy atom. The van der Waals surface area contributed by atoms with Crippen LogP contribution in [-0.2, 0) is 4.79 Å². The zero-order valence-corrected chi connectivity index (χ0v) is 36.9. The highest BCUT2D eigenvalue weighted by Crippen LogP contribution is 2.17. The third kappa shape index (κ3) is 38.3. The van der Waals surface area contributed by atoms with Gasteiger partial charge in [0.2, 0.25) is 5.91 Å². The second kappa shape index (κ2) is 44.2. The Hall–Kier alpha value is -0.950. The van der Waals surface area contributed by atoms with Crippen molar-refractivity contribution in [1.29, 1.82) is 0 Å². The molecule has 0 aromatic heterocycles. The fraction of sp³-hybridized carbons (Fsp3) is 0.939. The van der Waals surface area contributed by atoms with Crippen LogP contribution in [0.3, 0.4) is 0 Å². The van der Waals surface area contributed by atoms with E-state index in [-0.39, 0.29) is 0 Å². The van der Waals surface area contributed by atoms with Gasteiger partial charge in [0.25, 0.3) is 0 Å². The lowest BCUT2D eigenvalue weighted by molar-refractivity contribution is -0.132. The molecular formula is C49H97NO5. The summed E-state index contributed by atoms with van der Waals surface area (Å²) in [5.41, 5.74) is 0. The molecule has 5 N–H and O–H groups in total. The number of unbranched alkanes of at least 4 members (excludes halogenated alkanes) is 34. The van der Waals surface area contributed by atoms with Gasteiger partial charge in [-0.25, -0.2) is 0 Å². The molecule has 4 unspecified atom stereocenters. The van der Waals surface area contributed by atoms with Crippen molar-refractivity contribution >= 4 is 5.91 Å². The molecule has 0 saturated heterocycles. The lowest BCUT2D eigenvalue weighted by atomic mass is 9.99. The fourth-order valence-corrected chi connectivity index (χ4v) is 7.81. The van der Waals surface area contributed by atoms with Crippen molar-refractivity contribution in [2.45, 2.75) is 289 Å². The van der Waals surface area contributed by atoms with Gasteiger partial charge in [-0.2, -0.15) is 0 Å². The Morgan fingerprint density at radius 1 is 0.436 bits per heavy atom. The number of nitrogens with one attached hydrogen (secondary N) is 1. The van der Waals surface area contributed by atoms with Gasteiger partial charge in [0.15, 0.2) is 0 Å². The van der Waals surface area contributed by atoms with Crippen LogP contribution in [0.2, 0.25) is 0 Å². The van der Waals surface area contributed by atoms with Crippen molar-refractivity contribution in [2.75, 3.05) is 6.61 Å².